The fourth-order valence-corrected chi connectivity index (χ4v) is 4.70. The molecule has 0 saturated carbocycles. The van der Waals surface area contributed by atoms with Gasteiger partial charge < -0.3 is 30.3 Å². The van der Waals surface area contributed by atoms with E-state index in [0.29, 0.717) is 17.2 Å². The van der Waals surface area contributed by atoms with Crippen molar-refractivity contribution in [2.45, 2.75) is 38.8 Å². The van der Waals surface area contributed by atoms with Gasteiger partial charge in [-0.3, -0.25) is 14.4 Å². The molecule has 1 aliphatic heterocycles. The van der Waals surface area contributed by atoms with E-state index in [4.69, 9.17) is 4.74 Å². The average molecular weight is 589 g/mol. The molecule has 0 aliphatic carbocycles. The van der Waals surface area contributed by atoms with Gasteiger partial charge >= 0.3 is 12.1 Å². The van der Waals surface area contributed by atoms with E-state index in [1.54, 1.807) is 6.92 Å². The van der Waals surface area contributed by atoms with Crippen molar-refractivity contribution in [3.8, 4) is 11.4 Å². The molecule has 0 radical (unpaired) electrons. The minimum absolute atomic E-state index is 0.0249. The summed E-state index contributed by atoms with van der Waals surface area (Å²) < 4.78 is 5.04. The standard InChI is InChI=1S/C31H36N6O6/c1-3-43-31(42)37-18-16-36(17-19-37)30(41)24(14-15-27(38)39)34-29(40)25-20-26(32-21(2)22-10-6-4-7-11-22)35-28(33-25)23-12-8-5-9-13-23/h4-13,20-21,24H,3,14-19H2,1-2H3,(H,34,40)(H,38,39)(H,32,33,35)/t21-,24-/m0/s1. The second-order valence-electron chi connectivity index (χ2n) is 10.1. The van der Waals surface area contributed by atoms with Crippen molar-refractivity contribution in [3.63, 3.8) is 0 Å². The molecule has 226 valence electrons. The smallest absolute Gasteiger partial charge is 0.409 e. The molecule has 0 bridgehead atoms. The van der Waals surface area contributed by atoms with Gasteiger partial charge in [0.2, 0.25) is 5.91 Å². The first kappa shape index (κ1) is 30.9. The second kappa shape index (κ2) is 14.8. The minimum atomic E-state index is -1.10. The van der Waals surface area contributed by atoms with Gasteiger partial charge in [0, 0.05) is 50.3 Å². The number of ether oxygens (including phenoxy) is 1. The van der Waals surface area contributed by atoms with Gasteiger partial charge in [0.25, 0.3) is 5.91 Å². The molecule has 3 aromatic rings. The van der Waals surface area contributed by atoms with Crippen molar-refractivity contribution in [1.29, 1.82) is 0 Å². The number of carboxylic acids is 1. The zero-order chi connectivity index (χ0) is 30.8. The number of nitrogens with zero attached hydrogens (tertiary/aromatic N) is 4. The third kappa shape index (κ3) is 8.51. The van der Waals surface area contributed by atoms with E-state index in [-0.39, 0.29) is 57.4 Å². The Morgan fingerprint density at radius 3 is 2.19 bits per heavy atom. The van der Waals surface area contributed by atoms with Crippen LogP contribution in [-0.4, -0.2) is 87.6 Å². The molecule has 1 aromatic heterocycles. The van der Waals surface area contributed by atoms with Crippen LogP contribution in [0, 0.1) is 0 Å². The number of hydrogen-bond acceptors (Lipinski definition) is 8. The first-order valence-corrected chi connectivity index (χ1v) is 14.2. The zero-order valence-corrected chi connectivity index (χ0v) is 24.2. The second-order valence-corrected chi connectivity index (χ2v) is 10.1. The van der Waals surface area contributed by atoms with Crippen molar-refractivity contribution in [1.82, 2.24) is 25.1 Å². The van der Waals surface area contributed by atoms with Gasteiger partial charge in [-0.2, -0.15) is 0 Å². The normalized spacial score (nSPS) is 14.4. The van der Waals surface area contributed by atoms with Crippen molar-refractivity contribution in [2.24, 2.45) is 0 Å². The van der Waals surface area contributed by atoms with Crippen LogP contribution in [0.3, 0.4) is 0 Å². The van der Waals surface area contributed by atoms with Crippen LogP contribution in [0.15, 0.2) is 66.7 Å². The topological polar surface area (TPSA) is 154 Å². The molecule has 4 rings (SSSR count). The van der Waals surface area contributed by atoms with Crippen LogP contribution in [0.4, 0.5) is 10.6 Å². The maximum atomic E-state index is 13.6. The molecule has 2 heterocycles. The molecule has 0 unspecified atom stereocenters. The molecule has 1 saturated heterocycles. The number of rotatable bonds is 11. The predicted molar refractivity (Wildman–Crippen MR) is 159 cm³/mol. The highest BCUT2D eigenvalue weighted by molar-refractivity contribution is 5.97. The van der Waals surface area contributed by atoms with Crippen LogP contribution in [0.1, 0.15) is 48.8 Å². The van der Waals surface area contributed by atoms with Crippen LogP contribution in [0.25, 0.3) is 11.4 Å². The van der Waals surface area contributed by atoms with Gasteiger partial charge in [-0.05, 0) is 25.8 Å². The zero-order valence-electron chi connectivity index (χ0n) is 24.2. The lowest BCUT2D eigenvalue weighted by Crippen LogP contribution is -2.56. The number of anilines is 1. The maximum absolute atomic E-state index is 13.6. The SMILES string of the molecule is CCOC(=O)N1CCN(C(=O)[C@H](CCC(=O)O)NC(=O)c2cc(N[C@@H](C)c3ccccc3)nc(-c3ccccc3)n2)CC1. The molecule has 0 spiro atoms. The first-order valence-electron chi connectivity index (χ1n) is 14.2. The lowest BCUT2D eigenvalue weighted by molar-refractivity contribution is -0.138. The number of hydrogen-bond donors (Lipinski definition) is 3. The Balaban J connectivity index is 1.55. The maximum Gasteiger partial charge on any atom is 0.409 e. The number of piperazine rings is 1. The number of nitrogens with one attached hydrogen (secondary N) is 2. The molecule has 12 heteroatoms. The van der Waals surface area contributed by atoms with E-state index in [0.717, 1.165) is 5.56 Å². The molecule has 3 amide bonds. The third-order valence-electron chi connectivity index (χ3n) is 7.02. The minimum Gasteiger partial charge on any atom is -0.481 e. The molecule has 3 N–H and O–H groups in total. The van der Waals surface area contributed by atoms with E-state index in [1.807, 2.05) is 67.6 Å². The van der Waals surface area contributed by atoms with E-state index in [1.165, 1.54) is 15.9 Å². The van der Waals surface area contributed by atoms with Crippen molar-refractivity contribution < 1.29 is 29.0 Å². The number of aliphatic carboxylic acids is 1. The van der Waals surface area contributed by atoms with E-state index >= 15 is 0 Å². The summed E-state index contributed by atoms with van der Waals surface area (Å²) in [5, 5.41) is 15.3. The highest BCUT2D eigenvalue weighted by atomic mass is 16.6. The number of amides is 3. The Bertz CT molecular complexity index is 1410. The van der Waals surface area contributed by atoms with Crippen LogP contribution in [-0.2, 0) is 14.3 Å². The van der Waals surface area contributed by atoms with Gasteiger partial charge in [-0.15, -0.1) is 0 Å². The fraction of sp³-hybridized carbons (Fsp3) is 0.355. The number of carbonyl (C=O) groups is 4. The lowest BCUT2D eigenvalue weighted by Gasteiger charge is -2.35. The first-order chi connectivity index (χ1) is 20.7. The average Bonchev–Trinajstić information content (AvgIpc) is 3.03. The summed E-state index contributed by atoms with van der Waals surface area (Å²) >= 11 is 0. The van der Waals surface area contributed by atoms with E-state index in [9.17, 15) is 24.3 Å². The summed E-state index contributed by atoms with van der Waals surface area (Å²) in [5.41, 5.74) is 1.75. The Hall–Kier alpha value is -5.00. The molecule has 1 aliphatic rings. The Morgan fingerprint density at radius 2 is 1.56 bits per heavy atom. The van der Waals surface area contributed by atoms with Crippen molar-refractivity contribution in [3.05, 3.63) is 78.0 Å². The summed E-state index contributed by atoms with van der Waals surface area (Å²) in [6, 6.07) is 19.2. The van der Waals surface area contributed by atoms with Gasteiger partial charge in [0.1, 0.15) is 17.6 Å². The van der Waals surface area contributed by atoms with E-state index < -0.39 is 29.9 Å². The summed E-state index contributed by atoms with van der Waals surface area (Å²) in [6.07, 6.45) is -0.876. The van der Waals surface area contributed by atoms with Crippen LogP contribution in [0.5, 0.6) is 0 Å². The Morgan fingerprint density at radius 1 is 0.930 bits per heavy atom. The lowest BCUT2D eigenvalue weighted by atomic mass is 10.1. The molecule has 2 aromatic carbocycles. The van der Waals surface area contributed by atoms with Gasteiger partial charge in [-0.1, -0.05) is 60.7 Å². The third-order valence-corrected chi connectivity index (χ3v) is 7.02. The number of carboxylic acid groups (broad SMARTS) is 1. The molecule has 43 heavy (non-hydrogen) atoms. The fourth-order valence-electron chi connectivity index (χ4n) is 4.70. The Kier molecular flexibility index (Phi) is 10.6. The monoisotopic (exact) mass is 588 g/mol. The van der Waals surface area contributed by atoms with Crippen LogP contribution in [0.2, 0.25) is 0 Å². The Labute approximate surface area is 250 Å². The molecular weight excluding hydrogens is 552 g/mol. The van der Waals surface area contributed by atoms with Crippen molar-refractivity contribution in [2.75, 3.05) is 38.1 Å². The van der Waals surface area contributed by atoms with Gasteiger partial charge in [0.05, 0.1) is 6.61 Å². The van der Waals surface area contributed by atoms with Crippen LogP contribution < -0.4 is 10.6 Å². The highest BCUT2D eigenvalue weighted by Crippen LogP contribution is 2.22. The number of benzene rings is 2. The molecule has 1 fully saturated rings. The molecule has 2 atom stereocenters. The largest absolute Gasteiger partial charge is 0.481 e. The molecular formula is C31H36N6O6. The summed E-state index contributed by atoms with van der Waals surface area (Å²) in [7, 11) is 0. The molecule has 12 nitrogen and oxygen atoms in total. The summed E-state index contributed by atoms with van der Waals surface area (Å²) in [6.45, 7) is 4.94. The van der Waals surface area contributed by atoms with E-state index in [2.05, 4.69) is 20.6 Å². The van der Waals surface area contributed by atoms with Gasteiger partial charge in [-0.25, -0.2) is 14.8 Å². The van der Waals surface area contributed by atoms with Crippen LogP contribution >= 0.6 is 0 Å². The highest BCUT2D eigenvalue weighted by Gasteiger charge is 2.31. The summed E-state index contributed by atoms with van der Waals surface area (Å²) in [4.78, 5) is 62.6. The summed E-state index contributed by atoms with van der Waals surface area (Å²) in [5.74, 6) is -1.41. The van der Waals surface area contributed by atoms with Crippen molar-refractivity contribution >= 4 is 29.7 Å². The quantitative estimate of drug-likeness (QED) is 0.305. The number of carbonyl (C=O) groups excluding carboxylic acids is 3. The predicted octanol–water partition coefficient (Wildman–Crippen LogP) is 3.58. The van der Waals surface area contributed by atoms with Gasteiger partial charge in [0.15, 0.2) is 5.82 Å². The number of aromatic nitrogens is 2.